The molecule has 0 aliphatic heterocycles. The number of rotatable bonds is 6. The lowest BCUT2D eigenvalue weighted by atomic mass is 10.1. The fourth-order valence-corrected chi connectivity index (χ4v) is 2.08. The summed E-state index contributed by atoms with van der Waals surface area (Å²) in [5.41, 5.74) is 3.97. The first-order valence-electron chi connectivity index (χ1n) is 7.26. The van der Waals surface area contributed by atoms with Crippen molar-refractivity contribution in [2.45, 2.75) is 6.92 Å². The monoisotopic (exact) mass is 343 g/mol. The summed E-state index contributed by atoms with van der Waals surface area (Å²) in [7, 11) is 2.75. The molecule has 0 unspecified atom stereocenters. The van der Waals surface area contributed by atoms with Crippen LogP contribution in [0.15, 0.2) is 41.5 Å². The molecule has 130 valence electrons. The second-order valence-corrected chi connectivity index (χ2v) is 5.09. The molecular formula is C17H17N3O5. The van der Waals surface area contributed by atoms with E-state index in [0.717, 1.165) is 5.56 Å². The maximum absolute atomic E-state index is 12.0. The Morgan fingerprint density at radius 3 is 2.36 bits per heavy atom. The van der Waals surface area contributed by atoms with Gasteiger partial charge in [0.05, 0.1) is 25.4 Å². The number of hydrogen-bond donors (Lipinski definition) is 1. The molecule has 1 amide bonds. The van der Waals surface area contributed by atoms with Gasteiger partial charge in [0.1, 0.15) is 5.75 Å². The Morgan fingerprint density at radius 2 is 1.80 bits per heavy atom. The van der Waals surface area contributed by atoms with E-state index < -0.39 is 10.8 Å². The van der Waals surface area contributed by atoms with Gasteiger partial charge in [-0.25, -0.2) is 5.43 Å². The number of carbonyl (C=O) groups is 1. The highest BCUT2D eigenvalue weighted by Crippen LogP contribution is 2.33. The van der Waals surface area contributed by atoms with Gasteiger partial charge in [-0.3, -0.25) is 14.9 Å². The first-order valence-corrected chi connectivity index (χ1v) is 7.26. The number of nitrogens with zero attached hydrogens (tertiary/aromatic N) is 2. The highest BCUT2D eigenvalue weighted by molar-refractivity contribution is 5.95. The van der Waals surface area contributed by atoms with Crippen LogP contribution < -0.4 is 14.9 Å². The Balaban J connectivity index is 2.22. The quantitative estimate of drug-likeness (QED) is 0.493. The van der Waals surface area contributed by atoms with Crippen LogP contribution in [0, 0.1) is 17.0 Å². The van der Waals surface area contributed by atoms with Crippen molar-refractivity contribution in [1.82, 2.24) is 5.43 Å². The smallest absolute Gasteiger partial charge is 0.311 e. The number of nitro groups is 1. The van der Waals surface area contributed by atoms with Gasteiger partial charge in [-0.15, -0.1) is 0 Å². The van der Waals surface area contributed by atoms with Gasteiger partial charge in [-0.1, -0.05) is 17.7 Å². The molecule has 0 fully saturated rings. The molecular weight excluding hydrogens is 326 g/mol. The summed E-state index contributed by atoms with van der Waals surface area (Å²) in [5.74, 6) is 0.0108. The standard InChI is InChI=1S/C17H17N3O5/c1-11-4-6-12(7-5-11)17(21)19-18-10-13-8-14(20(22)23)16(25-3)9-15(13)24-2/h4-10H,1-3H3,(H,19,21)/b18-10-. The van der Waals surface area contributed by atoms with Crippen molar-refractivity contribution in [3.05, 3.63) is 63.2 Å². The normalized spacial score (nSPS) is 10.5. The maximum atomic E-state index is 12.0. The molecule has 8 heteroatoms. The lowest BCUT2D eigenvalue weighted by Gasteiger charge is -2.08. The van der Waals surface area contributed by atoms with Crippen LogP contribution in [0.3, 0.4) is 0 Å². The highest BCUT2D eigenvalue weighted by atomic mass is 16.6. The van der Waals surface area contributed by atoms with Gasteiger partial charge in [0.15, 0.2) is 0 Å². The van der Waals surface area contributed by atoms with Crippen LogP contribution in [0.4, 0.5) is 5.69 Å². The highest BCUT2D eigenvalue weighted by Gasteiger charge is 2.18. The number of hydrazone groups is 1. The van der Waals surface area contributed by atoms with Crippen molar-refractivity contribution in [1.29, 1.82) is 0 Å². The number of ether oxygens (including phenoxy) is 2. The summed E-state index contributed by atoms with van der Waals surface area (Å²) in [6.45, 7) is 1.92. The molecule has 1 N–H and O–H groups in total. The second kappa shape index (κ2) is 7.91. The molecule has 0 spiro atoms. The number of hydrogen-bond acceptors (Lipinski definition) is 6. The third kappa shape index (κ3) is 4.31. The van der Waals surface area contributed by atoms with Gasteiger partial charge in [0.25, 0.3) is 5.91 Å². The van der Waals surface area contributed by atoms with Crippen molar-refractivity contribution in [3.8, 4) is 11.5 Å². The van der Waals surface area contributed by atoms with Gasteiger partial charge < -0.3 is 9.47 Å². The number of benzene rings is 2. The van der Waals surface area contributed by atoms with Gasteiger partial charge in [-0.05, 0) is 19.1 Å². The van der Waals surface area contributed by atoms with Crippen LogP contribution in [-0.2, 0) is 0 Å². The number of nitro benzene ring substituents is 1. The Bertz CT molecular complexity index is 816. The lowest BCUT2D eigenvalue weighted by molar-refractivity contribution is -0.385. The molecule has 0 bridgehead atoms. The molecule has 0 saturated carbocycles. The Labute approximate surface area is 144 Å². The Kier molecular flexibility index (Phi) is 5.67. The number of amides is 1. The van der Waals surface area contributed by atoms with E-state index in [1.807, 2.05) is 19.1 Å². The van der Waals surface area contributed by atoms with Gasteiger partial charge in [0, 0.05) is 23.3 Å². The predicted octanol–water partition coefficient (Wildman–Crippen LogP) is 2.68. The van der Waals surface area contributed by atoms with Crippen molar-refractivity contribution < 1.29 is 19.2 Å². The van der Waals surface area contributed by atoms with Crippen molar-refractivity contribution in [2.24, 2.45) is 5.10 Å². The number of aryl methyl sites for hydroxylation is 1. The second-order valence-electron chi connectivity index (χ2n) is 5.09. The van der Waals surface area contributed by atoms with E-state index in [4.69, 9.17) is 9.47 Å². The summed E-state index contributed by atoms with van der Waals surface area (Å²) in [5, 5.41) is 14.9. The fraction of sp³-hybridized carbons (Fsp3) is 0.176. The molecule has 0 atom stereocenters. The Morgan fingerprint density at radius 1 is 1.16 bits per heavy atom. The van der Waals surface area contributed by atoms with E-state index in [9.17, 15) is 14.9 Å². The van der Waals surface area contributed by atoms with Gasteiger partial charge in [0.2, 0.25) is 5.75 Å². The third-order valence-corrected chi connectivity index (χ3v) is 3.41. The topological polar surface area (TPSA) is 103 Å². The molecule has 0 aliphatic rings. The van der Waals surface area contributed by atoms with Crippen LogP contribution in [-0.4, -0.2) is 31.3 Å². The first kappa shape index (κ1) is 17.9. The summed E-state index contributed by atoms with van der Waals surface area (Å²) in [4.78, 5) is 22.5. The van der Waals surface area contributed by atoms with E-state index in [2.05, 4.69) is 10.5 Å². The molecule has 0 heterocycles. The van der Waals surface area contributed by atoms with Crippen molar-refractivity contribution >= 4 is 17.8 Å². The molecule has 8 nitrogen and oxygen atoms in total. The minimum atomic E-state index is -0.569. The van der Waals surface area contributed by atoms with E-state index >= 15 is 0 Å². The van der Waals surface area contributed by atoms with Gasteiger partial charge >= 0.3 is 5.69 Å². The van der Waals surface area contributed by atoms with E-state index in [0.29, 0.717) is 16.9 Å². The SMILES string of the molecule is COc1cc(OC)c([N+](=O)[O-])cc1/C=N\NC(=O)c1ccc(C)cc1. The zero-order valence-corrected chi connectivity index (χ0v) is 14.0. The summed E-state index contributed by atoms with van der Waals surface area (Å²) >= 11 is 0. The van der Waals surface area contributed by atoms with E-state index in [1.54, 1.807) is 12.1 Å². The minimum Gasteiger partial charge on any atom is -0.496 e. The zero-order chi connectivity index (χ0) is 18.4. The number of carbonyl (C=O) groups excluding carboxylic acids is 1. The molecule has 0 aromatic heterocycles. The van der Waals surface area contributed by atoms with Crippen LogP contribution >= 0.6 is 0 Å². The first-order chi connectivity index (χ1) is 12.0. The minimum absolute atomic E-state index is 0.0719. The summed E-state index contributed by atoms with van der Waals surface area (Å²) in [6, 6.07) is 9.64. The number of nitrogens with one attached hydrogen (secondary N) is 1. The molecule has 0 radical (unpaired) electrons. The Hall–Kier alpha value is -3.42. The summed E-state index contributed by atoms with van der Waals surface area (Å²) < 4.78 is 10.1. The average molecular weight is 343 g/mol. The van der Waals surface area contributed by atoms with Crippen molar-refractivity contribution in [3.63, 3.8) is 0 Å². The van der Waals surface area contributed by atoms with E-state index in [1.165, 1.54) is 32.6 Å². The average Bonchev–Trinajstić information content (AvgIpc) is 2.61. The van der Waals surface area contributed by atoms with Crippen molar-refractivity contribution in [2.75, 3.05) is 14.2 Å². The lowest BCUT2D eigenvalue weighted by Crippen LogP contribution is -2.17. The van der Waals surface area contributed by atoms with Crippen LogP contribution in [0.25, 0.3) is 0 Å². The number of methoxy groups -OCH3 is 2. The third-order valence-electron chi connectivity index (χ3n) is 3.41. The molecule has 0 saturated heterocycles. The zero-order valence-electron chi connectivity index (χ0n) is 14.0. The molecule has 2 rings (SSSR count). The van der Waals surface area contributed by atoms with Crippen LogP contribution in [0.2, 0.25) is 0 Å². The van der Waals surface area contributed by atoms with E-state index in [-0.39, 0.29) is 11.4 Å². The predicted molar refractivity (Wildman–Crippen MR) is 92.4 cm³/mol. The molecule has 25 heavy (non-hydrogen) atoms. The largest absolute Gasteiger partial charge is 0.496 e. The maximum Gasteiger partial charge on any atom is 0.311 e. The van der Waals surface area contributed by atoms with Crippen LogP contribution in [0.5, 0.6) is 11.5 Å². The molecule has 2 aromatic carbocycles. The summed E-state index contributed by atoms with van der Waals surface area (Å²) in [6.07, 6.45) is 1.28. The van der Waals surface area contributed by atoms with Gasteiger partial charge in [-0.2, -0.15) is 5.10 Å². The molecule has 0 aliphatic carbocycles. The fourth-order valence-electron chi connectivity index (χ4n) is 2.08. The van der Waals surface area contributed by atoms with Crippen LogP contribution in [0.1, 0.15) is 21.5 Å². The molecule has 2 aromatic rings.